The Morgan fingerprint density at radius 2 is 0.478 bits per heavy atom. The molecule has 0 aliphatic heterocycles. The molecule has 7 aromatic rings. The molecule has 13 aliphatic rings. The minimum atomic E-state index is -3.40. The van der Waals surface area contributed by atoms with Gasteiger partial charge in [-0.05, 0) is 298 Å². The molecule has 7 aromatic carbocycles. The molecule has 0 spiro atoms. The summed E-state index contributed by atoms with van der Waals surface area (Å²) in [5, 5.41) is 52.2. The molecule has 20 bridgehead atoms. The van der Waals surface area contributed by atoms with Crippen LogP contribution in [0.1, 0.15) is 193 Å². The second kappa shape index (κ2) is 20.1. The Kier molecular flexibility index (Phi) is 12.9. The summed E-state index contributed by atoms with van der Waals surface area (Å²) in [6.45, 7) is 0. The normalized spacial score (nSPS) is 33.1. The van der Waals surface area contributed by atoms with Gasteiger partial charge in [0.15, 0.2) is 29.5 Å². The predicted molar refractivity (Wildman–Crippen MR) is 356 cm³/mol. The predicted octanol–water partition coefficient (Wildman–Crippen LogP) is 14.8. The van der Waals surface area contributed by atoms with Gasteiger partial charge in [0.25, 0.3) is 0 Å². The van der Waals surface area contributed by atoms with E-state index >= 15 is 0 Å². The molecule has 10 nitrogen and oxygen atoms in total. The van der Waals surface area contributed by atoms with Gasteiger partial charge in [0, 0.05) is 44.5 Å². The SMILES string of the molecule is CS(=O)(=O)c1ccc(C23C[C@H]4C[C@@H](C2)CC(c2cc5c(O)c(c2)Cc2cc(C67C[C@@H]8C[C@@H](CC(c9ccc(S(C)(=O)=O)cc9)(C8)C6)C7)cc(c2O)Cc2cc(C67C[C@@H]8C[C@@H](CC(c9ccc(S(C)(=O)=O)cc9)(C8)C6)C7)cc(c2O)Cc2cccc(c2O)C5)(C4)C3)cc1. The molecule has 4 N–H and O–H groups in total. The number of sulfone groups is 3. The zero-order valence-electron chi connectivity index (χ0n) is 53.1. The molecule has 13 heteroatoms. The summed E-state index contributed by atoms with van der Waals surface area (Å²) < 4.78 is 76.5. The van der Waals surface area contributed by atoms with Crippen molar-refractivity contribution in [2.75, 3.05) is 18.8 Å². The topological polar surface area (TPSA) is 183 Å². The first-order valence-electron chi connectivity index (χ1n) is 33.9. The molecule has 6 unspecified atom stereocenters. The fourth-order valence-corrected chi connectivity index (χ4v) is 25.6. The van der Waals surface area contributed by atoms with E-state index in [1.807, 2.05) is 18.2 Å². The first-order chi connectivity index (χ1) is 43.7. The summed E-state index contributed by atoms with van der Waals surface area (Å²) in [6, 6.07) is 42.4. The Hall–Kier alpha value is -6.41. The van der Waals surface area contributed by atoms with Crippen molar-refractivity contribution in [1.29, 1.82) is 0 Å². The highest BCUT2D eigenvalue weighted by Crippen LogP contribution is 2.70. The maximum absolute atomic E-state index is 13.4. The molecule has 0 amide bonds. The number of fused-ring (bicyclic) bond motifs is 8. The Morgan fingerprint density at radius 3 is 0.696 bits per heavy atom. The van der Waals surface area contributed by atoms with Crippen LogP contribution < -0.4 is 0 Å². The molecule has 12 saturated carbocycles. The van der Waals surface area contributed by atoms with Crippen LogP contribution in [0.3, 0.4) is 0 Å². The van der Waals surface area contributed by atoms with Crippen molar-refractivity contribution in [3.05, 3.63) is 205 Å². The van der Waals surface area contributed by atoms with Gasteiger partial charge in [0.05, 0.1) is 14.7 Å². The Labute approximate surface area is 542 Å². The van der Waals surface area contributed by atoms with Crippen LogP contribution in [-0.4, -0.2) is 64.4 Å². The minimum absolute atomic E-state index is 0.141. The summed E-state index contributed by atoms with van der Waals surface area (Å²) in [5.74, 6) is 3.43. The monoisotopic (exact) mass is 1290 g/mol. The first kappa shape index (κ1) is 59.3. The highest BCUT2D eigenvalue weighted by Gasteiger charge is 2.62. The summed E-state index contributed by atoms with van der Waals surface area (Å²) in [6.07, 6.45) is 23.3. The summed E-state index contributed by atoms with van der Waals surface area (Å²) in [5.41, 5.74) is 11.6. The van der Waals surface area contributed by atoms with Gasteiger partial charge in [-0.3, -0.25) is 0 Å². The smallest absolute Gasteiger partial charge is 0.175 e. The Morgan fingerprint density at radius 1 is 0.283 bits per heavy atom. The summed E-state index contributed by atoms with van der Waals surface area (Å²) >= 11 is 0. The molecular weight excluding hydrogens is 1210 g/mol. The van der Waals surface area contributed by atoms with Gasteiger partial charge in [0.1, 0.15) is 23.0 Å². The van der Waals surface area contributed by atoms with Crippen molar-refractivity contribution in [3.63, 3.8) is 0 Å². The van der Waals surface area contributed by atoms with Crippen LogP contribution in [-0.2, 0) is 87.7 Å². The lowest BCUT2D eigenvalue weighted by Gasteiger charge is -2.63. The second-order valence-corrected chi connectivity index (χ2v) is 38.6. The van der Waals surface area contributed by atoms with Crippen molar-refractivity contribution in [2.24, 2.45) is 35.5 Å². The third-order valence-corrected chi connectivity index (χ3v) is 29.6. The third-order valence-electron chi connectivity index (χ3n) is 26.2. The fourth-order valence-electron chi connectivity index (χ4n) is 23.7. The van der Waals surface area contributed by atoms with Gasteiger partial charge < -0.3 is 20.4 Å². The lowest BCUT2D eigenvalue weighted by molar-refractivity contribution is -0.0283. The molecule has 12 atom stereocenters. The molecule has 13 aliphatic carbocycles. The van der Waals surface area contributed by atoms with Crippen LogP contribution in [0.25, 0.3) is 0 Å². The molecule has 0 heterocycles. The average molecular weight is 1290 g/mol. The van der Waals surface area contributed by atoms with E-state index in [1.165, 1.54) is 52.1 Å². The van der Waals surface area contributed by atoms with Crippen LogP contribution in [0.2, 0.25) is 0 Å². The first-order valence-corrected chi connectivity index (χ1v) is 39.6. The van der Waals surface area contributed by atoms with Crippen LogP contribution in [0.4, 0.5) is 0 Å². The Balaban J connectivity index is 0.831. The number of phenolic OH excluding ortho intramolecular Hbond substituents is 4. The van der Waals surface area contributed by atoms with Crippen LogP contribution in [0, 0.1) is 35.5 Å². The van der Waals surface area contributed by atoms with E-state index in [-0.39, 0.29) is 81.2 Å². The zero-order valence-corrected chi connectivity index (χ0v) is 55.6. The largest absolute Gasteiger partial charge is 0.507 e. The number of aromatic hydroxyl groups is 4. The molecular formula is C79H84O10S3. The van der Waals surface area contributed by atoms with Crippen molar-refractivity contribution in [1.82, 2.24) is 0 Å². The number of para-hydroxylation sites is 1. The maximum Gasteiger partial charge on any atom is 0.175 e. The lowest BCUT2D eigenvalue weighted by Crippen LogP contribution is -2.56. The molecule has 0 radical (unpaired) electrons. The van der Waals surface area contributed by atoms with E-state index in [9.17, 15) is 45.7 Å². The van der Waals surface area contributed by atoms with Gasteiger partial charge in [0.2, 0.25) is 0 Å². The van der Waals surface area contributed by atoms with E-state index < -0.39 is 29.5 Å². The van der Waals surface area contributed by atoms with Crippen LogP contribution >= 0.6 is 0 Å². The molecule has 478 valence electrons. The van der Waals surface area contributed by atoms with E-state index in [1.54, 1.807) is 36.4 Å². The molecule has 0 aromatic heterocycles. The maximum atomic E-state index is 13.4. The molecule has 20 rings (SSSR count). The van der Waals surface area contributed by atoms with E-state index in [2.05, 4.69) is 72.8 Å². The number of rotatable bonds is 9. The van der Waals surface area contributed by atoms with Crippen molar-refractivity contribution in [3.8, 4) is 23.0 Å². The third kappa shape index (κ3) is 9.45. The van der Waals surface area contributed by atoms with Gasteiger partial charge in [-0.1, -0.05) is 91.0 Å². The number of hydrogen-bond acceptors (Lipinski definition) is 10. The van der Waals surface area contributed by atoms with E-state index in [0.717, 1.165) is 138 Å². The number of hydrogen-bond donors (Lipinski definition) is 4. The average Bonchev–Trinajstić information content (AvgIpc) is 0.719. The van der Waals surface area contributed by atoms with Crippen molar-refractivity contribution < 1.29 is 45.7 Å². The highest BCUT2D eigenvalue weighted by molar-refractivity contribution is 7.91. The van der Waals surface area contributed by atoms with Gasteiger partial charge in [-0.2, -0.15) is 0 Å². The lowest BCUT2D eigenvalue weighted by atomic mass is 9.41. The second-order valence-electron chi connectivity index (χ2n) is 32.5. The fraction of sp³-hybridized carbons (Fsp3) is 0.468. The van der Waals surface area contributed by atoms with Crippen LogP contribution in [0.15, 0.2) is 142 Å². The quantitative estimate of drug-likeness (QED) is 0.108. The Bertz CT molecular complexity index is 4360. The van der Waals surface area contributed by atoms with Gasteiger partial charge in [-0.15, -0.1) is 0 Å². The zero-order chi connectivity index (χ0) is 63.5. The minimum Gasteiger partial charge on any atom is -0.507 e. The van der Waals surface area contributed by atoms with E-state index in [0.29, 0.717) is 72.4 Å². The summed E-state index contributed by atoms with van der Waals surface area (Å²) in [4.78, 5) is 0.972. The van der Waals surface area contributed by atoms with Gasteiger partial charge in [-0.25, -0.2) is 25.3 Å². The molecule has 12 fully saturated rings. The number of benzene rings is 7. The van der Waals surface area contributed by atoms with Crippen LogP contribution in [0.5, 0.6) is 23.0 Å². The number of phenols is 4. The molecule has 92 heavy (non-hydrogen) atoms. The standard InChI is InChI=1S/C79H84O10S3/c1-90(84,85)67-13-7-61(8-14-67)74-32-47-19-48(33-74)39-77(38-47,44-74)64-26-55-22-53-5-4-6-54(70(53)80)23-56-27-65(78-40-49-20-50(41-78)35-75(34-49,45-78)62-9-15-68(16-10-62)91(2,86)87)29-58(72(56)82)25-60-31-66(30-59(73(60)83)24-57(28-64)71(55)81)79-42-51-21-52(43-79)37-76(36-51,46-79)63-11-17-69(18-12-63)92(3,88)89/h4-18,26-31,47-52,80-83H,19-25,32-46H2,1-3H3/t47-,48+,49-,50+,51-,52+,74?,75?,76?,77?,78?,79?. The van der Waals surface area contributed by atoms with Crippen molar-refractivity contribution in [2.45, 2.75) is 188 Å². The van der Waals surface area contributed by atoms with Crippen molar-refractivity contribution >= 4 is 29.5 Å². The van der Waals surface area contributed by atoms with E-state index in [4.69, 9.17) is 0 Å². The molecule has 0 saturated heterocycles. The summed E-state index contributed by atoms with van der Waals surface area (Å²) in [7, 11) is -10.2. The highest BCUT2D eigenvalue weighted by atomic mass is 32.2. The van der Waals surface area contributed by atoms with Gasteiger partial charge >= 0.3 is 0 Å².